The Morgan fingerprint density at radius 1 is 0.909 bits per heavy atom. The first kappa shape index (κ1) is 10.8. The van der Waals surface area contributed by atoms with Gasteiger partial charge in [0.15, 0.2) is 0 Å². The Balaban J connectivity index is 0. The van der Waals surface area contributed by atoms with Crippen molar-refractivity contribution in [3.8, 4) is 0 Å². The molecule has 55 valence electrons. The number of rotatable bonds is 0. The fourth-order valence-corrected chi connectivity index (χ4v) is 0.680. The van der Waals surface area contributed by atoms with Crippen LogP contribution in [0.4, 0.5) is 0 Å². The molecule has 0 saturated carbocycles. The van der Waals surface area contributed by atoms with Gasteiger partial charge >= 0.3 is 26.2 Å². The van der Waals surface area contributed by atoms with E-state index in [-0.39, 0.29) is 27.6 Å². The zero-order valence-corrected chi connectivity index (χ0v) is 8.84. The Morgan fingerprint density at radius 3 is 1.45 bits per heavy atom. The predicted octanol–water partition coefficient (Wildman–Crippen LogP) is 2.72. The third-order valence-electron chi connectivity index (χ3n) is 1.17. The average Bonchev–Trinajstić information content (AvgIpc) is 2.67. The molecule has 2 aliphatic rings. The second-order valence-electron chi connectivity index (χ2n) is 2.01. The molecule has 1 radical (unpaired) electrons. The van der Waals surface area contributed by atoms with Crippen molar-refractivity contribution in [2.75, 3.05) is 0 Å². The van der Waals surface area contributed by atoms with Gasteiger partial charge in [-0.3, -0.25) is 12.2 Å². The Bertz CT molecular complexity index is 148. The molecular formula is C10H11Zr. The summed E-state index contributed by atoms with van der Waals surface area (Å²) < 4.78 is 0. The van der Waals surface area contributed by atoms with Crippen LogP contribution in [-0.4, -0.2) is 0 Å². The van der Waals surface area contributed by atoms with E-state index in [4.69, 9.17) is 0 Å². The van der Waals surface area contributed by atoms with Crippen LogP contribution >= 0.6 is 0 Å². The molecule has 0 fully saturated rings. The summed E-state index contributed by atoms with van der Waals surface area (Å²) in [6.07, 6.45) is 20.0. The van der Waals surface area contributed by atoms with Gasteiger partial charge in [0.1, 0.15) is 0 Å². The summed E-state index contributed by atoms with van der Waals surface area (Å²) in [7, 11) is 0. The van der Waals surface area contributed by atoms with Crippen LogP contribution in [0.3, 0.4) is 0 Å². The second kappa shape index (κ2) is 7.94. The molecule has 0 aromatic heterocycles. The molecule has 0 N–H and O–H groups in total. The van der Waals surface area contributed by atoms with Gasteiger partial charge < -0.3 is 1.43 Å². The molecule has 2 rings (SSSR count). The van der Waals surface area contributed by atoms with Crippen molar-refractivity contribution in [3.63, 3.8) is 0 Å². The molecule has 0 aromatic rings. The number of hydrogen-bond donors (Lipinski definition) is 0. The normalized spacial score (nSPS) is 16.0. The van der Waals surface area contributed by atoms with Crippen molar-refractivity contribution in [2.24, 2.45) is 0 Å². The molecule has 0 unspecified atom stereocenters. The molecule has 0 aliphatic heterocycles. The summed E-state index contributed by atoms with van der Waals surface area (Å²) in [5.74, 6) is 0. The summed E-state index contributed by atoms with van der Waals surface area (Å²) in [6, 6.07) is 0. The first-order valence-corrected chi connectivity index (χ1v) is 3.43. The standard InChI is InChI=1S/2C5H5.Zr.H/c2*1-2-4-5-3-1;;/h2*1-3H,4H2;;/q2*-1;+3;-1. The molecular weight excluding hydrogens is 211 g/mol. The van der Waals surface area contributed by atoms with Gasteiger partial charge in [-0.05, 0) is 0 Å². The Morgan fingerprint density at radius 2 is 1.36 bits per heavy atom. The van der Waals surface area contributed by atoms with Gasteiger partial charge in [0.05, 0.1) is 0 Å². The molecule has 0 nitrogen and oxygen atoms in total. The van der Waals surface area contributed by atoms with E-state index in [1.807, 2.05) is 24.3 Å². The minimum Gasteiger partial charge on any atom is -1.00 e. The van der Waals surface area contributed by atoms with E-state index in [0.29, 0.717) is 0 Å². The maximum absolute atomic E-state index is 2.99. The molecule has 11 heavy (non-hydrogen) atoms. The molecule has 0 heterocycles. The SMILES string of the molecule is [C-]1=CC=CC1.[C-]1=CC=CC1.[H-].[Zr+3]. The maximum atomic E-state index is 2.99. The third kappa shape index (κ3) is 6.25. The summed E-state index contributed by atoms with van der Waals surface area (Å²) in [5, 5.41) is 0. The zero-order chi connectivity index (χ0) is 7.07. The van der Waals surface area contributed by atoms with Gasteiger partial charge in [0.25, 0.3) is 0 Å². The van der Waals surface area contributed by atoms with Crippen molar-refractivity contribution in [1.29, 1.82) is 0 Å². The van der Waals surface area contributed by atoms with Crippen LogP contribution in [0.5, 0.6) is 0 Å². The molecule has 0 amide bonds. The van der Waals surface area contributed by atoms with Gasteiger partial charge in [-0.2, -0.15) is 12.2 Å². The molecule has 0 aromatic carbocycles. The molecule has 2 aliphatic carbocycles. The van der Waals surface area contributed by atoms with Gasteiger partial charge in [0.2, 0.25) is 0 Å². The van der Waals surface area contributed by atoms with Gasteiger partial charge in [-0.15, -0.1) is 12.8 Å². The molecule has 0 bridgehead atoms. The van der Waals surface area contributed by atoms with Crippen molar-refractivity contribution < 1.29 is 27.6 Å². The van der Waals surface area contributed by atoms with E-state index in [9.17, 15) is 0 Å². The molecule has 1 heteroatoms. The zero-order valence-electron chi connectivity index (χ0n) is 7.38. The van der Waals surface area contributed by atoms with Crippen LogP contribution in [0.15, 0.2) is 36.5 Å². The van der Waals surface area contributed by atoms with Crippen LogP contribution in [0, 0.1) is 12.2 Å². The van der Waals surface area contributed by atoms with Crippen LogP contribution in [0.1, 0.15) is 14.3 Å². The Hall–Kier alpha value is -0.157. The summed E-state index contributed by atoms with van der Waals surface area (Å²) >= 11 is 0. The third-order valence-corrected chi connectivity index (χ3v) is 1.17. The van der Waals surface area contributed by atoms with E-state index < -0.39 is 0 Å². The Labute approximate surface area is 89.0 Å². The number of hydrogen-bond acceptors (Lipinski definition) is 0. The van der Waals surface area contributed by atoms with E-state index >= 15 is 0 Å². The van der Waals surface area contributed by atoms with Crippen molar-refractivity contribution >= 4 is 0 Å². The second-order valence-corrected chi connectivity index (χ2v) is 2.01. The molecule has 0 atom stereocenters. The largest absolute Gasteiger partial charge is 3.00 e. The minimum absolute atomic E-state index is 0. The smallest absolute Gasteiger partial charge is 1.00 e. The monoisotopic (exact) mass is 221 g/mol. The fourth-order valence-electron chi connectivity index (χ4n) is 0.680. The molecule has 0 saturated heterocycles. The first-order valence-electron chi connectivity index (χ1n) is 3.43. The quantitative estimate of drug-likeness (QED) is 0.553. The minimum atomic E-state index is 0. The van der Waals surface area contributed by atoms with Crippen LogP contribution < -0.4 is 0 Å². The van der Waals surface area contributed by atoms with Crippen LogP contribution in [0.25, 0.3) is 0 Å². The topological polar surface area (TPSA) is 0 Å². The predicted molar refractivity (Wildman–Crippen MR) is 44.3 cm³/mol. The van der Waals surface area contributed by atoms with Crippen LogP contribution in [0.2, 0.25) is 0 Å². The summed E-state index contributed by atoms with van der Waals surface area (Å²) in [4.78, 5) is 0. The van der Waals surface area contributed by atoms with Crippen molar-refractivity contribution in [3.05, 3.63) is 48.6 Å². The Kier molecular flexibility index (Phi) is 7.83. The van der Waals surface area contributed by atoms with E-state index in [1.54, 1.807) is 0 Å². The van der Waals surface area contributed by atoms with E-state index in [2.05, 4.69) is 24.3 Å². The first-order chi connectivity index (χ1) is 5.00. The maximum Gasteiger partial charge on any atom is 3.00 e. The van der Waals surface area contributed by atoms with Gasteiger partial charge in [0, 0.05) is 0 Å². The van der Waals surface area contributed by atoms with Gasteiger partial charge in [-0.25, -0.2) is 24.3 Å². The number of allylic oxidation sites excluding steroid dienone is 8. The van der Waals surface area contributed by atoms with Crippen molar-refractivity contribution in [1.82, 2.24) is 0 Å². The fraction of sp³-hybridized carbons (Fsp3) is 0.200. The van der Waals surface area contributed by atoms with E-state index in [0.717, 1.165) is 12.8 Å². The summed E-state index contributed by atoms with van der Waals surface area (Å²) in [5.41, 5.74) is 0. The van der Waals surface area contributed by atoms with Crippen LogP contribution in [-0.2, 0) is 26.2 Å². The van der Waals surface area contributed by atoms with E-state index in [1.165, 1.54) is 0 Å². The average molecular weight is 222 g/mol. The van der Waals surface area contributed by atoms with Gasteiger partial charge in [-0.1, -0.05) is 0 Å². The molecule has 0 spiro atoms. The van der Waals surface area contributed by atoms with Crippen molar-refractivity contribution in [2.45, 2.75) is 12.8 Å². The summed E-state index contributed by atoms with van der Waals surface area (Å²) in [6.45, 7) is 0.